The first-order valence-electron chi connectivity index (χ1n) is 13.1. The van der Waals surface area contributed by atoms with Crippen LogP contribution in [0.3, 0.4) is 0 Å². The van der Waals surface area contributed by atoms with Gasteiger partial charge in [-0.25, -0.2) is 10.2 Å². The molecule has 6 N–H and O–H groups in total. The zero-order valence-electron chi connectivity index (χ0n) is 22.6. The van der Waals surface area contributed by atoms with Gasteiger partial charge in [-0.1, -0.05) is 13.8 Å². The third-order valence-corrected chi connectivity index (χ3v) is 7.91. The number of anilines is 2. The molecule has 1 unspecified atom stereocenters. The summed E-state index contributed by atoms with van der Waals surface area (Å²) < 4.78 is 11.5. The molecule has 12 nitrogen and oxygen atoms in total. The van der Waals surface area contributed by atoms with Gasteiger partial charge in [0, 0.05) is 41.6 Å². The zero-order chi connectivity index (χ0) is 28.9. The number of phenolic OH excluding ortho intramolecular Hbond substituents is 1. The fourth-order valence-corrected chi connectivity index (χ4v) is 5.94. The Balaban J connectivity index is 1.59. The minimum absolute atomic E-state index is 0.0292. The second-order valence-corrected chi connectivity index (χ2v) is 11.4. The number of aromatic hydroxyl groups is 1. The van der Waals surface area contributed by atoms with Crippen molar-refractivity contribution in [1.29, 1.82) is 0 Å². The molecule has 0 amide bonds. The van der Waals surface area contributed by atoms with Crippen LogP contribution in [-0.2, 0) is 0 Å². The number of nitrogens with two attached hydrogens (primary N) is 1. The van der Waals surface area contributed by atoms with Crippen LogP contribution >= 0.6 is 0 Å². The molecule has 2 aliphatic heterocycles. The topological polar surface area (TPSA) is 180 Å². The normalized spacial score (nSPS) is 20.6. The van der Waals surface area contributed by atoms with Gasteiger partial charge in [-0.2, -0.15) is 4.65 Å². The van der Waals surface area contributed by atoms with Crippen molar-refractivity contribution in [2.24, 2.45) is 5.92 Å². The zero-order valence-corrected chi connectivity index (χ0v) is 22.6. The van der Waals surface area contributed by atoms with Gasteiger partial charge in [0.25, 0.3) is 5.79 Å². The Kier molecular flexibility index (Phi) is 5.51. The second-order valence-electron chi connectivity index (χ2n) is 11.4. The number of ether oxygens (including phenoxy) is 1. The summed E-state index contributed by atoms with van der Waals surface area (Å²) in [5.74, 6) is -2.84. The van der Waals surface area contributed by atoms with Gasteiger partial charge < -0.3 is 35.1 Å². The third kappa shape index (κ3) is 3.67. The number of nitrogen functional groups attached to an aromatic ring is 1. The van der Waals surface area contributed by atoms with Crippen LogP contribution in [0.1, 0.15) is 26.3 Å². The summed E-state index contributed by atoms with van der Waals surface area (Å²) in [6.45, 7) is 9.48. The number of fused-ring (bicyclic) bond motifs is 6. The predicted molar refractivity (Wildman–Crippen MR) is 149 cm³/mol. The summed E-state index contributed by atoms with van der Waals surface area (Å²) in [6.07, 6.45) is 0. The summed E-state index contributed by atoms with van der Waals surface area (Å²) in [4.78, 5) is 33.2. The summed E-state index contributed by atoms with van der Waals surface area (Å²) in [5, 5.41) is 42.9. The van der Waals surface area contributed by atoms with Gasteiger partial charge >= 0.3 is 0 Å². The standard InChI is InChI=1S/C28H30N4O8/c1-12(2)11-32(38)7-5-31(6-8-32)14-9-15(33)21-16(10-14)39-26-20(29)24(35)18-17(22(26)30-21)19-25(13(3)23(18)34)40-28(4,37)27(19)36/h9-10,12,37-38H,5-8,11H2,1-4H3,(H3-,29,30,33,34,35,36)/p+1. The number of rotatable bonds is 3. The van der Waals surface area contributed by atoms with E-state index in [1.54, 1.807) is 6.07 Å². The molecule has 0 radical (unpaired) electrons. The molecule has 40 heavy (non-hydrogen) atoms. The quantitative estimate of drug-likeness (QED) is 0.108. The number of aromatic nitrogens is 1. The van der Waals surface area contributed by atoms with E-state index in [2.05, 4.69) is 18.8 Å². The molecule has 0 spiro atoms. The Labute approximate surface area is 227 Å². The molecule has 1 aromatic heterocycles. The van der Waals surface area contributed by atoms with E-state index in [4.69, 9.17) is 14.9 Å². The highest BCUT2D eigenvalue weighted by molar-refractivity contribution is 6.13. The Bertz CT molecular complexity index is 1920. The number of phenols is 1. The second kappa shape index (κ2) is 8.43. The minimum Gasteiger partial charge on any atom is -0.507 e. The van der Waals surface area contributed by atoms with Gasteiger partial charge in [-0.3, -0.25) is 9.59 Å². The lowest BCUT2D eigenvalue weighted by atomic mass is 9.98. The molecule has 6 rings (SSSR count). The molecule has 0 bridgehead atoms. The fourth-order valence-electron chi connectivity index (χ4n) is 5.94. The van der Waals surface area contributed by atoms with E-state index in [-0.39, 0.29) is 59.8 Å². The van der Waals surface area contributed by atoms with E-state index in [1.165, 1.54) is 19.9 Å². The molecule has 0 aliphatic carbocycles. The number of hydrogen-bond acceptors (Lipinski definition) is 11. The Morgan fingerprint density at radius 3 is 2.48 bits per heavy atom. The van der Waals surface area contributed by atoms with Crippen LogP contribution in [0.25, 0.3) is 38.7 Å². The van der Waals surface area contributed by atoms with Crippen LogP contribution in [-0.4, -0.2) is 68.7 Å². The molecule has 3 aromatic carbocycles. The van der Waals surface area contributed by atoms with Gasteiger partial charge in [0.2, 0.25) is 10.9 Å². The lowest BCUT2D eigenvalue weighted by Crippen LogP contribution is -2.59. The van der Waals surface area contributed by atoms with Crippen LogP contribution in [0.4, 0.5) is 11.4 Å². The van der Waals surface area contributed by atoms with Crippen molar-refractivity contribution in [3.8, 4) is 11.5 Å². The minimum atomic E-state index is -2.12. The van der Waals surface area contributed by atoms with Crippen molar-refractivity contribution in [2.45, 2.75) is 33.5 Å². The summed E-state index contributed by atoms with van der Waals surface area (Å²) >= 11 is 0. The molecular weight excluding hydrogens is 520 g/mol. The van der Waals surface area contributed by atoms with Crippen molar-refractivity contribution in [1.82, 2.24) is 4.98 Å². The smallest absolute Gasteiger partial charge is 0.264 e. The first kappa shape index (κ1) is 26.1. The molecule has 210 valence electrons. The van der Waals surface area contributed by atoms with Crippen molar-refractivity contribution >= 4 is 50.1 Å². The van der Waals surface area contributed by atoms with Crippen LogP contribution in [0, 0.1) is 12.8 Å². The third-order valence-electron chi connectivity index (χ3n) is 7.91. The first-order chi connectivity index (χ1) is 18.7. The molecule has 3 heterocycles. The molecule has 0 saturated carbocycles. The Morgan fingerprint density at radius 2 is 1.82 bits per heavy atom. The predicted octanol–water partition coefficient (Wildman–Crippen LogP) is 1.62. The number of quaternary nitrogens is 1. The lowest BCUT2D eigenvalue weighted by molar-refractivity contribution is -1.10. The maximum Gasteiger partial charge on any atom is 0.264 e. The van der Waals surface area contributed by atoms with Crippen molar-refractivity contribution in [2.75, 3.05) is 43.4 Å². The summed E-state index contributed by atoms with van der Waals surface area (Å²) in [6, 6.07) is 3.08. The monoisotopic (exact) mass is 551 g/mol. The lowest BCUT2D eigenvalue weighted by Gasteiger charge is -2.40. The Hall–Kier alpha value is -4.13. The average molecular weight is 552 g/mol. The van der Waals surface area contributed by atoms with E-state index in [9.17, 15) is 30.1 Å². The molecule has 12 heteroatoms. The van der Waals surface area contributed by atoms with Crippen LogP contribution in [0.5, 0.6) is 11.5 Å². The fraction of sp³-hybridized carbons (Fsp3) is 0.393. The average Bonchev–Trinajstić information content (AvgIpc) is 3.12. The van der Waals surface area contributed by atoms with Crippen LogP contribution < -0.4 is 31.4 Å². The maximum absolute atomic E-state index is 13.4. The van der Waals surface area contributed by atoms with Gasteiger partial charge in [0.1, 0.15) is 42.3 Å². The first-order valence-corrected chi connectivity index (χ1v) is 13.1. The van der Waals surface area contributed by atoms with Crippen molar-refractivity contribution in [3.05, 3.63) is 43.4 Å². The molecule has 4 aromatic rings. The molecular formula is C28H31N4O8+. The molecule has 1 saturated heterocycles. The van der Waals surface area contributed by atoms with Crippen molar-refractivity contribution < 1.29 is 34.3 Å². The molecule has 1 atom stereocenters. The number of hydrogen-bond donors (Lipinski definition) is 5. The van der Waals surface area contributed by atoms with E-state index >= 15 is 0 Å². The van der Waals surface area contributed by atoms with Gasteiger partial charge in [0.15, 0.2) is 22.4 Å². The number of piperazine rings is 1. The van der Waals surface area contributed by atoms with Gasteiger partial charge in [-0.05, 0) is 6.92 Å². The summed E-state index contributed by atoms with van der Waals surface area (Å²) in [5.41, 5.74) is 5.25. The number of aliphatic hydroxyl groups excluding tert-OH is 1. The number of aliphatic hydroxyl groups is 2. The Morgan fingerprint density at radius 1 is 1.15 bits per heavy atom. The van der Waals surface area contributed by atoms with E-state index in [0.29, 0.717) is 44.3 Å². The van der Waals surface area contributed by atoms with Gasteiger partial charge in [0.05, 0.1) is 23.7 Å². The van der Waals surface area contributed by atoms with Crippen LogP contribution in [0.2, 0.25) is 0 Å². The number of hydroxylamine groups is 3. The highest BCUT2D eigenvalue weighted by Gasteiger charge is 2.40. The van der Waals surface area contributed by atoms with Crippen LogP contribution in [0.15, 0.2) is 26.1 Å². The molecule has 2 aliphatic rings. The highest BCUT2D eigenvalue weighted by Crippen LogP contribution is 2.40. The van der Waals surface area contributed by atoms with E-state index in [1.807, 2.05) is 4.90 Å². The van der Waals surface area contributed by atoms with Gasteiger partial charge in [-0.15, -0.1) is 0 Å². The van der Waals surface area contributed by atoms with Crippen molar-refractivity contribution in [3.63, 3.8) is 0 Å². The number of benzene rings is 3. The highest BCUT2D eigenvalue weighted by atomic mass is 16.6. The number of nitrogens with zero attached hydrogens (tertiary/aromatic N) is 3. The van der Waals surface area contributed by atoms with E-state index < -0.39 is 28.2 Å². The maximum atomic E-state index is 13.4. The largest absolute Gasteiger partial charge is 0.507 e. The molecule has 1 fully saturated rings. The van der Waals surface area contributed by atoms with E-state index in [0.717, 1.165) is 0 Å². The summed E-state index contributed by atoms with van der Waals surface area (Å²) in [7, 11) is 0. The SMILES string of the molecule is Cc1c2c(c3c(c1O)c(=O)c(N)c1oc4cc(N5CC[N+](O)(CC(C)C)CC5)cc(=O)c4nc13)=C(O)C(C)(O)O2.